The number of hydrogen-bond acceptors (Lipinski definition) is 3. The van der Waals surface area contributed by atoms with Crippen molar-refractivity contribution < 1.29 is 15.0 Å². The van der Waals surface area contributed by atoms with Gasteiger partial charge in [0.05, 0.1) is 0 Å². The first-order valence-electron chi connectivity index (χ1n) is 6.16. The van der Waals surface area contributed by atoms with Gasteiger partial charge in [0.1, 0.15) is 11.6 Å². The summed E-state index contributed by atoms with van der Waals surface area (Å²) >= 11 is 0. The molecule has 19 heavy (non-hydrogen) atoms. The first-order valence-corrected chi connectivity index (χ1v) is 6.16. The number of nitrogens with two attached hydrogens (primary N) is 1. The number of aliphatic hydroxyl groups is 1. The number of carbonyl (C=O) groups is 1. The molecule has 1 aromatic rings. The number of benzene rings is 1. The highest BCUT2D eigenvalue weighted by Crippen LogP contribution is 2.32. The van der Waals surface area contributed by atoms with Crippen LogP contribution >= 0.6 is 0 Å². The molecule has 4 heteroatoms. The Morgan fingerprint density at radius 3 is 2.58 bits per heavy atom. The van der Waals surface area contributed by atoms with Gasteiger partial charge >= 0.3 is 5.97 Å². The van der Waals surface area contributed by atoms with Crippen molar-refractivity contribution in [2.75, 3.05) is 0 Å². The van der Waals surface area contributed by atoms with Crippen molar-refractivity contribution in [3.63, 3.8) is 0 Å². The molecule has 100 valence electrons. The Balaban J connectivity index is 2.08. The first-order chi connectivity index (χ1) is 9.01. The van der Waals surface area contributed by atoms with Crippen LogP contribution in [0.4, 0.5) is 0 Å². The molecule has 0 heterocycles. The van der Waals surface area contributed by atoms with Crippen LogP contribution in [-0.4, -0.2) is 22.2 Å². The molecule has 0 fully saturated rings. The molecule has 0 spiro atoms. The van der Waals surface area contributed by atoms with E-state index in [-0.39, 0.29) is 6.42 Å². The average Bonchev–Trinajstić information content (AvgIpc) is 2.42. The molecule has 1 aliphatic rings. The van der Waals surface area contributed by atoms with Crippen LogP contribution in [0.1, 0.15) is 18.4 Å². The molecule has 1 aromatic carbocycles. The van der Waals surface area contributed by atoms with E-state index in [1.54, 1.807) is 12.2 Å². The molecule has 1 aliphatic carbocycles. The Labute approximate surface area is 111 Å². The summed E-state index contributed by atoms with van der Waals surface area (Å²) < 4.78 is 0. The van der Waals surface area contributed by atoms with Crippen LogP contribution < -0.4 is 5.73 Å². The highest BCUT2D eigenvalue weighted by molar-refractivity contribution is 5.73. The summed E-state index contributed by atoms with van der Waals surface area (Å²) in [5.41, 5.74) is 6.14. The van der Waals surface area contributed by atoms with Gasteiger partial charge < -0.3 is 15.9 Å². The Kier molecular flexibility index (Phi) is 3.83. The first kappa shape index (κ1) is 13.5. The van der Waals surface area contributed by atoms with Crippen LogP contribution in [0.15, 0.2) is 54.1 Å². The minimum atomic E-state index is -1.02. The molecule has 4 N–H and O–H groups in total. The Hall–Kier alpha value is -1.91. The molecule has 0 saturated carbocycles. The van der Waals surface area contributed by atoms with Crippen LogP contribution in [0.2, 0.25) is 0 Å². The van der Waals surface area contributed by atoms with Crippen LogP contribution in [0.5, 0.6) is 0 Å². The third-order valence-electron chi connectivity index (χ3n) is 3.30. The predicted molar refractivity (Wildman–Crippen MR) is 72.4 cm³/mol. The lowest BCUT2D eigenvalue weighted by atomic mass is 9.84. The molecule has 0 aliphatic heterocycles. The fourth-order valence-electron chi connectivity index (χ4n) is 2.10. The molecule has 2 rings (SSSR count). The minimum Gasteiger partial charge on any atom is -0.480 e. The summed E-state index contributed by atoms with van der Waals surface area (Å²) in [6.07, 6.45) is 5.99. The summed E-state index contributed by atoms with van der Waals surface area (Å²) in [7, 11) is 0. The number of allylic oxidation sites excluding steroid dienone is 1. The third-order valence-corrected chi connectivity index (χ3v) is 3.30. The van der Waals surface area contributed by atoms with Crippen LogP contribution in [0.3, 0.4) is 0 Å². The van der Waals surface area contributed by atoms with E-state index >= 15 is 0 Å². The van der Waals surface area contributed by atoms with E-state index < -0.39 is 17.6 Å². The van der Waals surface area contributed by atoms with E-state index in [1.807, 2.05) is 36.4 Å². The predicted octanol–water partition coefficient (Wildman–Crippen LogP) is 1.56. The fraction of sp³-hybridized carbons (Fsp3) is 0.267. The van der Waals surface area contributed by atoms with Gasteiger partial charge in [-0.25, -0.2) is 0 Å². The normalized spacial score (nSPS) is 23.8. The van der Waals surface area contributed by atoms with Crippen molar-refractivity contribution in [3.8, 4) is 0 Å². The summed E-state index contributed by atoms with van der Waals surface area (Å²) in [4.78, 5) is 10.7. The van der Waals surface area contributed by atoms with E-state index in [0.29, 0.717) is 6.42 Å². The van der Waals surface area contributed by atoms with E-state index in [9.17, 15) is 9.90 Å². The summed E-state index contributed by atoms with van der Waals surface area (Å²) in [5.74, 6) is -1.02. The van der Waals surface area contributed by atoms with Crippen molar-refractivity contribution in [2.45, 2.75) is 24.5 Å². The van der Waals surface area contributed by atoms with Gasteiger partial charge in [0.2, 0.25) is 0 Å². The molecule has 0 amide bonds. The Bertz CT molecular complexity index is 521. The van der Waals surface area contributed by atoms with Gasteiger partial charge in [-0.2, -0.15) is 0 Å². The van der Waals surface area contributed by atoms with E-state index in [4.69, 9.17) is 10.8 Å². The molecule has 0 radical (unpaired) electrons. The monoisotopic (exact) mass is 259 g/mol. The quantitative estimate of drug-likeness (QED) is 0.766. The molecular formula is C15H17NO3. The summed E-state index contributed by atoms with van der Waals surface area (Å²) in [5, 5.41) is 19.3. The minimum absolute atomic E-state index is 0.275. The zero-order valence-corrected chi connectivity index (χ0v) is 10.5. The lowest BCUT2D eigenvalue weighted by Gasteiger charge is -2.27. The second kappa shape index (κ2) is 5.38. The molecule has 0 aromatic heterocycles. The second-order valence-electron chi connectivity index (χ2n) is 4.76. The number of rotatable bonds is 4. The van der Waals surface area contributed by atoms with Gasteiger partial charge in [0, 0.05) is 6.42 Å². The van der Waals surface area contributed by atoms with Gasteiger partial charge in [-0.3, -0.25) is 4.79 Å². The lowest BCUT2D eigenvalue weighted by molar-refractivity contribution is -0.138. The Morgan fingerprint density at radius 2 is 2.05 bits per heavy atom. The maximum Gasteiger partial charge on any atom is 0.320 e. The second-order valence-corrected chi connectivity index (χ2v) is 4.76. The van der Waals surface area contributed by atoms with Gasteiger partial charge in [-0.15, -0.1) is 0 Å². The molecule has 0 bridgehead atoms. The number of aliphatic carboxylic acids is 1. The molecular weight excluding hydrogens is 242 g/mol. The number of carboxylic acids is 1. The molecule has 0 saturated heterocycles. The van der Waals surface area contributed by atoms with Crippen LogP contribution in [0.25, 0.3) is 0 Å². The summed E-state index contributed by atoms with van der Waals surface area (Å²) in [6, 6.07) is 8.48. The van der Waals surface area contributed by atoms with Crippen molar-refractivity contribution >= 4 is 5.97 Å². The van der Waals surface area contributed by atoms with Gasteiger partial charge in [-0.05, 0) is 23.6 Å². The lowest BCUT2D eigenvalue weighted by Crippen LogP contribution is -2.31. The van der Waals surface area contributed by atoms with Gasteiger partial charge in [-0.1, -0.05) is 42.5 Å². The molecule has 4 nitrogen and oxygen atoms in total. The molecule has 2 atom stereocenters. The number of hydrogen-bond donors (Lipinski definition) is 3. The highest BCUT2D eigenvalue weighted by Gasteiger charge is 2.27. The summed E-state index contributed by atoms with van der Waals surface area (Å²) in [6.45, 7) is 0. The van der Waals surface area contributed by atoms with E-state index in [0.717, 1.165) is 11.1 Å². The van der Waals surface area contributed by atoms with Crippen molar-refractivity contribution in [1.82, 2.24) is 0 Å². The SMILES string of the molecule is N[C@@H](CC1=CCC(O)(c2ccccc2)C=C1)C(=O)O. The van der Waals surface area contributed by atoms with Crippen LogP contribution in [-0.2, 0) is 10.4 Å². The highest BCUT2D eigenvalue weighted by atomic mass is 16.4. The van der Waals surface area contributed by atoms with Crippen molar-refractivity contribution in [3.05, 3.63) is 59.7 Å². The maximum absolute atomic E-state index is 10.7. The van der Waals surface area contributed by atoms with Gasteiger partial charge in [0.25, 0.3) is 0 Å². The largest absolute Gasteiger partial charge is 0.480 e. The maximum atomic E-state index is 10.7. The van der Waals surface area contributed by atoms with Gasteiger partial charge in [0.15, 0.2) is 0 Å². The molecule has 1 unspecified atom stereocenters. The standard InChI is InChI=1S/C15H17NO3/c16-13(14(17)18)10-11-6-8-15(19,9-7-11)12-4-2-1-3-5-12/h1-8,13,19H,9-10,16H2,(H,17,18)/t13-,15?/m0/s1. The fourth-order valence-corrected chi connectivity index (χ4v) is 2.10. The van der Waals surface area contributed by atoms with E-state index in [2.05, 4.69) is 0 Å². The smallest absolute Gasteiger partial charge is 0.320 e. The van der Waals surface area contributed by atoms with E-state index in [1.165, 1.54) is 0 Å². The third kappa shape index (κ3) is 3.10. The van der Waals surface area contributed by atoms with Crippen molar-refractivity contribution in [1.29, 1.82) is 0 Å². The zero-order chi connectivity index (χ0) is 13.9. The zero-order valence-electron chi connectivity index (χ0n) is 10.5. The average molecular weight is 259 g/mol. The van der Waals surface area contributed by atoms with Crippen LogP contribution in [0, 0.1) is 0 Å². The topological polar surface area (TPSA) is 83.5 Å². The Morgan fingerprint density at radius 1 is 1.37 bits per heavy atom. The van der Waals surface area contributed by atoms with Crippen molar-refractivity contribution in [2.24, 2.45) is 5.73 Å². The number of carboxylic acid groups (broad SMARTS) is 1.